The van der Waals surface area contributed by atoms with Gasteiger partial charge in [0.2, 0.25) is 0 Å². The summed E-state index contributed by atoms with van der Waals surface area (Å²) in [6.45, 7) is 2.07. The van der Waals surface area contributed by atoms with Gasteiger partial charge < -0.3 is 14.6 Å². The smallest absolute Gasteiger partial charge is 0.292 e. The summed E-state index contributed by atoms with van der Waals surface area (Å²) in [4.78, 5) is 8.93. The van der Waals surface area contributed by atoms with Crippen molar-refractivity contribution in [2.75, 3.05) is 5.73 Å². The van der Waals surface area contributed by atoms with Crippen LogP contribution in [0.4, 0.5) is 6.01 Å². The molecule has 0 atom stereocenters. The molecular formula is C17H16N4O. The molecule has 0 aliphatic carbocycles. The molecule has 0 spiro atoms. The van der Waals surface area contributed by atoms with Crippen LogP contribution in [0.5, 0.6) is 0 Å². The second-order valence-electron chi connectivity index (χ2n) is 5.52. The maximum Gasteiger partial charge on any atom is 0.292 e. The van der Waals surface area contributed by atoms with Crippen LogP contribution < -0.4 is 5.73 Å². The molecule has 0 saturated carbocycles. The van der Waals surface area contributed by atoms with Gasteiger partial charge in [-0.3, -0.25) is 0 Å². The Morgan fingerprint density at radius 1 is 1.18 bits per heavy atom. The molecule has 4 aromatic rings. The molecule has 5 heteroatoms. The van der Waals surface area contributed by atoms with Crippen molar-refractivity contribution in [1.29, 1.82) is 0 Å². The van der Waals surface area contributed by atoms with Crippen LogP contribution in [0.2, 0.25) is 0 Å². The number of rotatable bonds is 3. The van der Waals surface area contributed by atoms with E-state index in [2.05, 4.69) is 45.7 Å². The van der Waals surface area contributed by atoms with E-state index in [-0.39, 0.29) is 6.01 Å². The lowest BCUT2D eigenvalue weighted by atomic mass is 10.1. The summed E-state index contributed by atoms with van der Waals surface area (Å²) >= 11 is 0. The Morgan fingerprint density at radius 3 is 3.00 bits per heavy atom. The number of aromatic nitrogens is 3. The maximum atomic E-state index is 5.64. The Kier molecular flexibility index (Phi) is 2.85. The zero-order chi connectivity index (χ0) is 15.1. The lowest BCUT2D eigenvalue weighted by Gasteiger charge is -1.99. The quantitative estimate of drug-likeness (QED) is 0.629. The topological polar surface area (TPSA) is 69.3 Å². The van der Waals surface area contributed by atoms with Crippen molar-refractivity contribution in [2.24, 2.45) is 0 Å². The summed E-state index contributed by atoms with van der Waals surface area (Å²) < 4.78 is 7.42. The van der Waals surface area contributed by atoms with Crippen molar-refractivity contribution in [1.82, 2.24) is 14.4 Å². The Bertz CT molecular complexity index is 967. The van der Waals surface area contributed by atoms with Crippen LogP contribution in [0, 0.1) is 6.92 Å². The molecule has 2 N–H and O–H groups in total. The fourth-order valence-electron chi connectivity index (χ4n) is 2.74. The first-order chi connectivity index (χ1) is 10.7. The Balaban J connectivity index is 1.62. The Morgan fingerprint density at radius 2 is 2.09 bits per heavy atom. The summed E-state index contributed by atoms with van der Waals surface area (Å²) in [5, 5.41) is 0. The van der Waals surface area contributed by atoms with Crippen molar-refractivity contribution in [2.45, 2.75) is 19.8 Å². The first kappa shape index (κ1) is 12.9. The van der Waals surface area contributed by atoms with Gasteiger partial charge in [-0.05, 0) is 49.1 Å². The number of hydrogen-bond acceptors (Lipinski definition) is 4. The highest BCUT2D eigenvalue weighted by Crippen LogP contribution is 2.22. The molecule has 3 aromatic heterocycles. The standard InChI is InChI=1S/C17H16N4O/c1-11-7-8-21-10-13(19-15(21)9-11)6-5-12-3-2-4-14-16(12)20-17(18)22-14/h2-4,7-10H,5-6H2,1H3,(H2,18,20). The third kappa shape index (κ3) is 2.20. The molecule has 5 nitrogen and oxygen atoms in total. The molecule has 3 heterocycles. The predicted octanol–water partition coefficient (Wildman–Crippen LogP) is 3.15. The number of aryl methyl sites for hydroxylation is 3. The molecule has 1 aromatic carbocycles. The van der Waals surface area contributed by atoms with Gasteiger partial charge in [0.05, 0.1) is 5.69 Å². The maximum absolute atomic E-state index is 5.64. The summed E-state index contributed by atoms with van der Waals surface area (Å²) in [5.41, 5.74) is 11.6. The van der Waals surface area contributed by atoms with Crippen LogP contribution in [0.15, 0.2) is 47.1 Å². The van der Waals surface area contributed by atoms with Crippen LogP contribution in [-0.2, 0) is 12.8 Å². The predicted molar refractivity (Wildman–Crippen MR) is 85.8 cm³/mol. The van der Waals surface area contributed by atoms with Crippen LogP contribution >= 0.6 is 0 Å². The lowest BCUT2D eigenvalue weighted by molar-refractivity contribution is 0.626. The Hall–Kier alpha value is -2.82. The van der Waals surface area contributed by atoms with Crippen molar-refractivity contribution in [3.63, 3.8) is 0 Å². The van der Waals surface area contributed by atoms with E-state index in [4.69, 9.17) is 10.2 Å². The molecule has 0 aliphatic heterocycles. The van der Waals surface area contributed by atoms with E-state index < -0.39 is 0 Å². The van der Waals surface area contributed by atoms with Gasteiger partial charge in [0.25, 0.3) is 6.01 Å². The lowest BCUT2D eigenvalue weighted by Crippen LogP contribution is -1.93. The number of nitrogens with two attached hydrogens (primary N) is 1. The first-order valence-corrected chi connectivity index (χ1v) is 7.27. The third-order valence-electron chi connectivity index (χ3n) is 3.84. The molecule has 4 rings (SSSR count). The van der Waals surface area contributed by atoms with E-state index in [0.717, 1.165) is 40.8 Å². The van der Waals surface area contributed by atoms with Gasteiger partial charge in [-0.15, -0.1) is 0 Å². The number of oxazole rings is 1. The molecular weight excluding hydrogens is 276 g/mol. The summed E-state index contributed by atoms with van der Waals surface area (Å²) in [6, 6.07) is 10.3. The van der Waals surface area contributed by atoms with Gasteiger partial charge in [-0.1, -0.05) is 12.1 Å². The second kappa shape index (κ2) is 4.87. The van der Waals surface area contributed by atoms with Gasteiger partial charge in [-0.2, -0.15) is 4.98 Å². The third-order valence-corrected chi connectivity index (χ3v) is 3.84. The highest BCUT2D eigenvalue weighted by Gasteiger charge is 2.09. The normalized spacial score (nSPS) is 11.5. The zero-order valence-electron chi connectivity index (χ0n) is 12.3. The minimum absolute atomic E-state index is 0.214. The fourth-order valence-corrected chi connectivity index (χ4v) is 2.74. The minimum Gasteiger partial charge on any atom is -0.424 e. The van der Waals surface area contributed by atoms with Crippen molar-refractivity contribution >= 4 is 22.8 Å². The fraction of sp³-hybridized carbons (Fsp3) is 0.176. The number of pyridine rings is 1. The van der Waals surface area contributed by atoms with Crippen LogP contribution in [0.3, 0.4) is 0 Å². The van der Waals surface area contributed by atoms with Crippen molar-refractivity contribution in [3.8, 4) is 0 Å². The molecule has 0 fully saturated rings. The monoisotopic (exact) mass is 292 g/mol. The van der Waals surface area contributed by atoms with E-state index in [1.165, 1.54) is 5.56 Å². The average Bonchev–Trinajstić information content (AvgIpc) is 3.06. The number of anilines is 1. The van der Waals surface area contributed by atoms with E-state index in [0.29, 0.717) is 0 Å². The van der Waals surface area contributed by atoms with E-state index in [1.54, 1.807) is 0 Å². The number of nitrogen functional groups attached to an aromatic ring is 1. The van der Waals surface area contributed by atoms with Gasteiger partial charge in [0.1, 0.15) is 11.2 Å². The second-order valence-corrected chi connectivity index (χ2v) is 5.52. The molecule has 22 heavy (non-hydrogen) atoms. The zero-order valence-corrected chi connectivity index (χ0v) is 12.3. The van der Waals surface area contributed by atoms with E-state index >= 15 is 0 Å². The number of benzene rings is 1. The minimum atomic E-state index is 0.214. The van der Waals surface area contributed by atoms with Gasteiger partial charge in [-0.25, -0.2) is 4.98 Å². The average molecular weight is 292 g/mol. The number of para-hydroxylation sites is 1. The van der Waals surface area contributed by atoms with Crippen LogP contribution in [0.1, 0.15) is 16.8 Å². The molecule has 0 bridgehead atoms. The molecule has 0 unspecified atom stereocenters. The van der Waals surface area contributed by atoms with Gasteiger partial charge in [0.15, 0.2) is 5.58 Å². The van der Waals surface area contributed by atoms with E-state index in [1.807, 2.05) is 18.3 Å². The summed E-state index contributed by atoms with van der Waals surface area (Å²) in [5.74, 6) is 0. The summed E-state index contributed by atoms with van der Waals surface area (Å²) in [7, 11) is 0. The highest BCUT2D eigenvalue weighted by atomic mass is 16.4. The molecule has 110 valence electrons. The van der Waals surface area contributed by atoms with E-state index in [9.17, 15) is 0 Å². The van der Waals surface area contributed by atoms with Gasteiger partial charge >= 0.3 is 0 Å². The molecule has 0 aliphatic rings. The van der Waals surface area contributed by atoms with Crippen LogP contribution in [0.25, 0.3) is 16.7 Å². The number of imidazole rings is 1. The molecule has 0 saturated heterocycles. The number of fused-ring (bicyclic) bond motifs is 2. The SMILES string of the molecule is Cc1ccn2cc(CCc3cccc4oc(N)nc34)nc2c1. The molecule has 0 amide bonds. The van der Waals surface area contributed by atoms with Crippen LogP contribution in [-0.4, -0.2) is 14.4 Å². The largest absolute Gasteiger partial charge is 0.424 e. The Labute approximate surface area is 127 Å². The highest BCUT2D eigenvalue weighted by molar-refractivity contribution is 5.78. The summed E-state index contributed by atoms with van der Waals surface area (Å²) in [6.07, 6.45) is 5.82. The number of nitrogens with zero attached hydrogens (tertiary/aromatic N) is 3. The number of hydrogen-bond donors (Lipinski definition) is 1. The van der Waals surface area contributed by atoms with Crippen molar-refractivity contribution < 1.29 is 4.42 Å². The van der Waals surface area contributed by atoms with Crippen molar-refractivity contribution in [3.05, 3.63) is 59.5 Å². The van der Waals surface area contributed by atoms with Gasteiger partial charge in [0, 0.05) is 12.4 Å². The first-order valence-electron chi connectivity index (χ1n) is 7.27. The molecule has 0 radical (unpaired) electrons.